The van der Waals surface area contributed by atoms with Gasteiger partial charge in [-0.05, 0) is 6.92 Å². The van der Waals surface area contributed by atoms with Gasteiger partial charge in [-0.25, -0.2) is 4.98 Å². The van der Waals surface area contributed by atoms with Gasteiger partial charge in [-0.3, -0.25) is 9.59 Å². The van der Waals surface area contributed by atoms with Crippen molar-refractivity contribution < 1.29 is 22.8 Å². The molecule has 0 aliphatic carbocycles. The average Bonchev–Trinajstić information content (AvgIpc) is 2.85. The van der Waals surface area contributed by atoms with E-state index < -0.39 is 30.5 Å². The predicted molar refractivity (Wildman–Crippen MR) is 66.2 cm³/mol. The fourth-order valence-corrected chi connectivity index (χ4v) is 2.60. The van der Waals surface area contributed by atoms with E-state index in [0.29, 0.717) is 10.0 Å². The van der Waals surface area contributed by atoms with E-state index in [0.717, 1.165) is 4.88 Å². The lowest BCUT2D eigenvalue weighted by Gasteiger charge is -2.18. The van der Waals surface area contributed by atoms with Gasteiger partial charge in [0.05, 0.1) is 5.92 Å². The van der Waals surface area contributed by atoms with Crippen LogP contribution in [0.2, 0.25) is 0 Å². The lowest BCUT2D eigenvalue weighted by atomic mass is 10.1. The second kappa shape index (κ2) is 5.39. The molecule has 1 unspecified atom stereocenters. The van der Waals surface area contributed by atoms with Crippen LogP contribution in [0.5, 0.6) is 0 Å². The molecule has 1 aliphatic rings. The molecule has 9 heteroatoms. The summed E-state index contributed by atoms with van der Waals surface area (Å²) in [6, 6.07) is 0. The molecule has 1 fully saturated rings. The van der Waals surface area contributed by atoms with E-state index in [4.69, 9.17) is 0 Å². The summed E-state index contributed by atoms with van der Waals surface area (Å²) in [5, 5.41) is 2.90. The second-order valence-electron chi connectivity index (χ2n) is 4.56. The molecule has 1 N–H and O–H groups in total. The van der Waals surface area contributed by atoms with Crippen LogP contribution in [0.4, 0.5) is 18.3 Å². The Hall–Kier alpha value is -1.64. The molecule has 0 radical (unpaired) electrons. The molecule has 1 aliphatic heterocycles. The first-order valence-electron chi connectivity index (χ1n) is 5.82. The van der Waals surface area contributed by atoms with E-state index in [9.17, 15) is 22.8 Å². The quantitative estimate of drug-likeness (QED) is 0.926. The van der Waals surface area contributed by atoms with Crippen LogP contribution in [0.15, 0.2) is 6.20 Å². The molecule has 2 heterocycles. The molecule has 110 valence electrons. The van der Waals surface area contributed by atoms with Crippen molar-refractivity contribution in [2.45, 2.75) is 19.5 Å². The normalized spacial score (nSPS) is 19.5. The zero-order chi connectivity index (χ0) is 14.9. The average molecular weight is 307 g/mol. The van der Waals surface area contributed by atoms with Crippen LogP contribution in [0.3, 0.4) is 0 Å². The zero-order valence-electron chi connectivity index (χ0n) is 10.5. The summed E-state index contributed by atoms with van der Waals surface area (Å²) in [5.41, 5.74) is 0. The van der Waals surface area contributed by atoms with Crippen LogP contribution in [0, 0.1) is 12.8 Å². The van der Waals surface area contributed by atoms with Crippen LogP contribution in [0.1, 0.15) is 11.3 Å². The summed E-state index contributed by atoms with van der Waals surface area (Å²) >= 11 is 1.26. The Balaban J connectivity index is 1.94. The van der Waals surface area contributed by atoms with Gasteiger partial charge in [0.15, 0.2) is 5.13 Å². The Morgan fingerprint density at radius 3 is 2.85 bits per heavy atom. The third-order valence-corrected chi connectivity index (χ3v) is 3.64. The van der Waals surface area contributed by atoms with Crippen molar-refractivity contribution in [2.24, 2.45) is 5.92 Å². The SMILES string of the molecule is Cc1cnc(NC(=O)C2CC(=O)N(CC(F)(F)F)C2)s1. The minimum absolute atomic E-state index is 0.202. The standard InChI is InChI=1S/C11H12F3N3O2S/c1-6-3-15-10(20-6)16-9(19)7-2-8(18)17(4-7)5-11(12,13)14/h3,7H,2,4-5H2,1H3,(H,15,16,19). The van der Waals surface area contributed by atoms with Crippen LogP contribution in [-0.2, 0) is 9.59 Å². The van der Waals surface area contributed by atoms with Gasteiger partial charge in [-0.15, -0.1) is 11.3 Å². The highest BCUT2D eigenvalue weighted by atomic mass is 32.1. The van der Waals surface area contributed by atoms with E-state index in [1.54, 1.807) is 6.20 Å². The summed E-state index contributed by atoms with van der Waals surface area (Å²) in [6.45, 7) is 0.290. The Kier molecular flexibility index (Phi) is 3.98. The Morgan fingerprint density at radius 2 is 2.30 bits per heavy atom. The lowest BCUT2D eigenvalue weighted by molar-refractivity contribution is -0.157. The number of amides is 2. The van der Waals surface area contributed by atoms with Gasteiger partial charge in [0, 0.05) is 24.0 Å². The molecule has 2 rings (SSSR count). The monoisotopic (exact) mass is 307 g/mol. The van der Waals surface area contributed by atoms with Crippen LogP contribution in [-0.4, -0.2) is 41.0 Å². The molecule has 0 bridgehead atoms. The third-order valence-electron chi connectivity index (χ3n) is 2.81. The van der Waals surface area contributed by atoms with Gasteiger partial charge in [-0.2, -0.15) is 13.2 Å². The highest BCUT2D eigenvalue weighted by Gasteiger charge is 2.40. The molecule has 1 saturated heterocycles. The fourth-order valence-electron chi connectivity index (χ4n) is 1.94. The van der Waals surface area contributed by atoms with Crippen molar-refractivity contribution >= 4 is 28.3 Å². The van der Waals surface area contributed by atoms with Gasteiger partial charge in [0.25, 0.3) is 0 Å². The molecule has 1 atom stereocenters. The van der Waals surface area contributed by atoms with Crippen molar-refractivity contribution in [1.29, 1.82) is 0 Å². The van der Waals surface area contributed by atoms with Crippen molar-refractivity contribution in [2.75, 3.05) is 18.4 Å². The lowest BCUT2D eigenvalue weighted by Crippen LogP contribution is -2.36. The molecular weight excluding hydrogens is 295 g/mol. The van der Waals surface area contributed by atoms with Crippen molar-refractivity contribution in [1.82, 2.24) is 9.88 Å². The molecule has 0 saturated carbocycles. The number of nitrogens with zero attached hydrogens (tertiary/aromatic N) is 2. The first-order chi connectivity index (χ1) is 9.24. The van der Waals surface area contributed by atoms with E-state index >= 15 is 0 Å². The summed E-state index contributed by atoms with van der Waals surface area (Å²) in [6.07, 6.45) is -3.07. The number of hydrogen-bond donors (Lipinski definition) is 1. The second-order valence-corrected chi connectivity index (χ2v) is 5.79. The molecule has 0 aromatic carbocycles. The molecule has 1 aromatic rings. The van der Waals surface area contributed by atoms with Gasteiger partial charge in [0.1, 0.15) is 6.54 Å². The molecule has 5 nitrogen and oxygen atoms in total. The molecule has 20 heavy (non-hydrogen) atoms. The van der Waals surface area contributed by atoms with Crippen LogP contribution < -0.4 is 5.32 Å². The van der Waals surface area contributed by atoms with Crippen LogP contribution in [0.25, 0.3) is 0 Å². The van der Waals surface area contributed by atoms with Gasteiger partial charge >= 0.3 is 6.18 Å². The van der Waals surface area contributed by atoms with Crippen molar-refractivity contribution in [3.05, 3.63) is 11.1 Å². The first kappa shape index (κ1) is 14.8. The Labute approximate surface area is 116 Å². The highest BCUT2D eigenvalue weighted by Crippen LogP contribution is 2.25. The number of alkyl halides is 3. The molecule has 1 aromatic heterocycles. The van der Waals surface area contributed by atoms with Gasteiger partial charge in [0.2, 0.25) is 11.8 Å². The highest BCUT2D eigenvalue weighted by molar-refractivity contribution is 7.15. The number of halogens is 3. The summed E-state index contributed by atoms with van der Waals surface area (Å²) in [4.78, 5) is 28.8. The van der Waals surface area contributed by atoms with E-state index in [1.165, 1.54) is 11.3 Å². The maximum atomic E-state index is 12.3. The van der Waals surface area contributed by atoms with Gasteiger partial charge in [-0.1, -0.05) is 0 Å². The number of carbonyl (C=O) groups is 2. The maximum absolute atomic E-state index is 12.3. The number of carbonyl (C=O) groups excluding carboxylic acids is 2. The summed E-state index contributed by atoms with van der Waals surface area (Å²) in [5.74, 6) is -1.90. The Morgan fingerprint density at radius 1 is 1.60 bits per heavy atom. The van der Waals surface area contributed by atoms with Crippen molar-refractivity contribution in [3.8, 4) is 0 Å². The third kappa shape index (κ3) is 3.69. The minimum atomic E-state index is -4.45. The maximum Gasteiger partial charge on any atom is 0.406 e. The molecule has 2 amide bonds. The Bertz CT molecular complexity index is 529. The van der Waals surface area contributed by atoms with E-state index in [-0.39, 0.29) is 13.0 Å². The number of thiazole rings is 1. The van der Waals surface area contributed by atoms with E-state index in [1.807, 2.05) is 6.92 Å². The number of nitrogens with one attached hydrogen (secondary N) is 1. The van der Waals surface area contributed by atoms with E-state index in [2.05, 4.69) is 10.3 Å². The zero-order valence-corrected chi connectivity index (χ0v) is 11.3. The van der Waals surface area contributed by atoms with Gasteiger partial charge < -0.3 is 10.2 Å². The van der Waals surface area contributed by atoms with Crippen LogP contribution >= 0.6 is 11.3 Å². The number of aryl methyl sites for hydroxylation is 1. The minimum Gasteiger partial charge on any atom is -0.333 e. The predicted octanol–water partition coefficient (Wildman–Crippen LogP) is 1.80. The summed E-state index contributed by atoms with van der Waals surface area (Å²) < 4.78 is 36.8. The molecular formula is C11H12F3N3O2S. The number of aromatic nitrogens is 1. The first-order valence-corrected chi connectivity index (χ1v) is 6.64. The smallest absolute Gasteiger partial charge is 0.333 e. The topological polar surface area (TPSA) is 62.3 Å². The number of rotatable bonds is 3. The molecule has 0 spiro atoms. The summed E-state index contributed by atoms with van der Waals surface area (Å²) in [7, 11) is 0. The number of likely N-dealkylation sites (tertiary alicyclic amines) is 1. The fraction of sp³-hybridized carbons (Fsp3) is 0.545. The number of anilines is 1. The van der Waals surface area contributed by atoms with Crippen molar-refractivity contribution in [3.63, 3.8) is 0 Å². The largest absolute Gasteiger partial charge is 0.406 e. The number of hydrogen-bond acceptors (Lipinski definition) is 4.